The Kier molecular flexibility index (Phi) is 8.60. The molecule has 2 aromatic rings. The lowest BCUT2D eigenvalue weighted by molar-refractivity contribution is 0.0531. The maximum atomic E-state index is 14.2. The molecule has 0 amide bonds. The third-order valence-corrected chi connectivity index (χ3v) is 6.43. The maximum absolute atomic E-state index is 14.2. The summed E-state index contributed by atoms with van der Waals surface area (Å²) in [4.78, 5) is 21.3. The zero-order valence-electron chi connectivity index (χ0n) is 17.6. The topological polar surface area (TPSA) is 75.6 Å². The molecule has 1 heterocycles. The Balaban J connectivity index is 0.00000320. The molecule has 0 spiro atoms. The van der Waals surface area contributed by atoms with E-state index in [2.05, 4.69) is 20.6 Å². The van der Waals surface area contributed by atoms with E-state index in [1.54, 1.807) is 27.0 Å². The third kappa shape index (κ3) is 5.48. The van der Waals surface area contributed by atoms with Crippen LogP contribution in [0.25, 0.3) is 0 Å². The van der Waals surface area contributed by atoms with Crippen molar-refractivity contribution in [2.45, 2.75) is 45.1 Å². The summed E-state index contributed by atoms with van der Waals surface area (Å²) < 4.78 is 19.3. The molecule has 1 aromatic carbocycles. The molecular formula is C21H28FIN4O2S. The van der Waals surface area contributed by atoms with Crippen LogP contribution in [0.2, 0.25) is 0 Å². The van der Waals surface area contributed by atoms with Crippen LogP contribution in [0.5, 0.6) is 0 Å². The van der Waals surface area contributed by atoms with Crippen molar-refractivity contribution in [1.29, 1.82) is 0 Å². The zero-order chi connectivity index (χ0) is 21.0. The summed E-state index contributed by atoms with van der Waals surface area (Å²) in [6.07, 6.45) is 1.89. The Hall–Kier alpha value is -1.75. The Morgan fingerprint density at radius 1 is 1.40 bits per heavy atom. The number of esters is 1. The van der Waals surface area contributed by atoms with Gasteiger partial charge in [0.05, 0.1) is 18.3 Å². The predicted molar refractivity (Wildman–Crippen MR) is 128 cm³/mol. The van der Waals surface area contributed by atoms with Crippen LogP contribution in [0.1, 0.15) is 58.7 Å². The van der Waals surface area contributed by atoms with Gasteiger partial charge < -0.3 is 15.4 Å². The molecule has 1 atom stereocenters. The van der Waals surface area contributed by atoms with Crippen molar-refractivity contribution in [3.05, 3.63) is 51.2 Å². The fourth-order valence-electron chi connectivity index (χ4n) is 3.29. The first-order valence-corrected chi connectivity index (χ1v) is 10.6. The number of hydrogen-bond acceptors (Lipinski definition) is 5. The van der Waals surface area contributed by atoms with Gasteiger partial charge in [0.25, 0.3) is 0 Å². The second-order valence-corrected chi connectivity index (χ2v) is 8.27. The summed E-state index contributed by atoms with van der Waals surface area (Å²) in [5.41, 5.74) is 1.24. The maximum Gasteiger partial charge on any atom is 0.350 e. The summed E-state index contributed by atoms with van der Waals surface area (Å²) in [6.45, 7) is 6.48. The number of carbonyl (C=O) groups is 1. The average Bonchev–Trinajstić information content (AvgIpc) is 3.39. The van der Waals surface area contributed by atoms with Gasteiger partial charge >= 0.3 is 5.97 Å². The lowest BCUT2D eigenvalue weighted by atomic mass is 9.95. The second kappa shape index (κ2) is 10.5. The molecule has 9 heteroatoms. The van der Waals surface area contributed by atoms with Gasteiger partial charge in [0.1, 0.15) is 15.7 Å². The highest BCUT2D eigenvalue weighted by molar-refractivity contribution is 14.0. The monoisotopic (exact) mass is 546 g/mol. The first-order chi connectivity index (χ1) is 13.9. The predicted octanol–water partition coefficient (Wildman–Crippen LogP) is 4.34. The molecule has 1 aliphatic carbocycles. The molecule has 0 bridgehead atoms. The Morgan fingerprint density at radius 2 is 2.10 bits per heavy atom. The largest absolute Gasteiger partial charge is 0.462 e. The van der Waals surface area contributed by atoms with Gasteiger partial charge in [0, 0.05) is 19.0 Å². The summed E-state index contributed by atoms with van der Waals surface area (Å²) in [6, 6.07) is 6.82. The minimum Gasteiger partial charge on any atom is -0.462 e. The molecule has 3 rings (SSSR count). The van der Waals surface area contributed by atoms with Gasteiger partial charge in [-0.25, -0.2) is 14.2 Å². The molecule has 1 aromatic heterocycles. The Morgan fingerprint density at radius 3 is 2.70 bits per heavy atom. The number of benzene rings is 1. The van der Waals surface area contributed by atoms with E-state index in [9.17, 15) is 9.18 Å². The van der Waals surface area contributed by atoms with Crippen LogP contribution in [0.3, 0.4) is 0 Å². The molecule has 1 aliphatic rings. The molecule has 1 saturated carbocycles. The molecule has 0 radical (unpaired) electrons. The Labute approximate surface area is 197 Å². The van der Waals surface area contributed by atoms with Crippen LogP contribution >= 0.6 is 35.3 Å². The number of carbonyl (C=O) groups excluding carboxylic acids is 1. The molecule has 2 N–H and O–H groups in total. The number of nitrogens with zero attached hydrogens (tertiary/aromatic N) is 2. The molecule has 0 aliphatic heterocycles. The molecule has 164 valence electrons. The molecule has 1 fully saturated rings. The van der Waals surface area contributed by atoms with Gasteiger partial charge in [0.15, 0.2) is 5.96 Å². The number of nitrogens with one attached hydrogen (secondary N) is 2. The van der Waals surface area contributed by atoms with Gasteiger partial charge in [-0.3, -0.25) is 4.99 Å². The lowest BCUT2D eigenvalue weighted by Crippen LogP contribution is -2.42. The second-order valence-electron chi connectivity index (χ2n) is 7.24. The lowest BCUT2D eigenvalue weighted by Gasteiger charge is -2.21. The van der Waals surface area contributed by atoms with Crippen LogP contribution < -0.4 is 10.6 Å². The minimum atomic E-state index is -0.343. The van der Waals surface area contributed by atoms with Gasteiger partial charge in [-0.1, -0.05) is 18.2 Å². The molecule has 6 nitrogen and oxygen atoms in total. The number of aryl methyl sites for hydroxylation is 1. The van der Waals surface area contributed by atoms with E-state index in [-0.39, 0.29) is 47.2 Å². The molecule has 1 unspecified atom stereocenters. The zero-order valence-corrected chi connectivity index (χ0v) is 20.8. The summed E-state index contributed by atoms with van der Waals surface area (Å²) >= 11 is 1.32. The van der Waals surface area contributed by atoms with Crippen molar-refractivity contribution in [2.24, 2.45) is 4.99 Å². The van der Waals surface area contributed by atoms with Crippen LogP contribution in [0, 0.1) is 12.7 Å². The molecular weight excluding hydrogens is 518 g/mol. The van der Waals surface area contributed by atoms with Crippen LogP contribution in [-0.2, 0) is 10.2 Å². The van der Waals surface area contributed by atoms with Gasteiger partial charge in [-0.2, -0.15) is 0 Å². The van der Waals surface area contributed by atoms with E-state index < -0.39 is 0 Å². The van der Waals surface area contributed by atoms with Crippen molar-refractivity contribution in [2.75, 3.05) is 20.2 Å². The number of hydrogen-bond donors (Lipinski definition) is 2. The minimum absolute atomic E-state index is 0. The smallest absolute Gasteiger partial charge is 0.350 e. The van der Waals surface area contributed by atoms with Crippen molar-refractivity contribution in [3.63, 3.8) is 0 Å². The Bertz CT molecular complexity index is 914. The third-order valence-electron chi connectivity index (χ3n) is 5.11. The van der Waals surface area contributed by atoms with Gasteiger partial charge in [-0.05, 0) is 45.2 Å². The number of thiazole rings is 1. The van der Waals surface area contributed by atoms with Gasteiger partial charge in [-0.15, -0.1) is 35.3 Å². The number of guanidine groups is 1. The first kappa shape index (κ1) is 24.5. The highest BCUT2D eigenvalue weighted by atomic mass is 127. The van der Waals surface area contributed by atoms with Gasteiger partial charge in [0.2, 0.25) is 0 Å². The van der Waals surface area contributed by atoms with E-state index in [4.69, 9.17) is 4.74 Å². The van der Waals surface area contributed by atoms with Crippen molar-refractivity contribution in [3.8, 4) is 0 Å². The normalized spacial score (nSPS) is 15.7. The van der Waals surface area contributed by atoms with E-state index in [0.29, 0.717) is 29.7 Å². The van der Waals surface area contributed by atoms with Crippen molar-refractivity contribution >= 4 is 47.2 Å². The summed E-state index contributed by atoms with van der Waals surface area (Å²) in [5.74, 6) is 0.113. The number of aliphatic imine (C=N–C) groups is 1. The number of halogens is 2. The highest BCUT2D eigenvalue weighted by Crippen LogP contribution is 2.48. The average molecular weight is 546 g/mol. The first-order valence-electron chi connectivity index (χ1n) is 9.77. The quantitative estimate of drug-likeness (QED) is 0.234. The van der Waals surface area contributed by atoms with Crippen molar-refractivity contribution < 1.29 is 13.9 Å². The fourth-order valence-corrected chi connectivity index (χ4v) is 4.25. The SMILES string of the molecule is CCOC(=O)c1sc(C(C)NC(=NC)NCC2(c3ccccc3F)CC2)nc1C.I. The fraction of sp³-hybridized carbons (Fsp3) is 0.476. The summed E-state index contributed by atoms with van der Waals surface area (Å²) in [5, 5.41) is 7.40. The number of rotatable bonds is 7. The van der Waals surface area contributed by atoms with E-state index in [0.717, 1.165) is 23.4 Å². The summed E-state index contributed by atoms with van der Waals surface area (Å²) in [7, 11) is 1.70. The van der Waals surface area contributed by atoms with E-state index in [1.807, 2.05) is 19.1 Å². The van der Waals surface area contributed by atoms with Crippen LogP contribution in [0.4, 0.5) is 4.39 Å². The standard InChI is InChI=1S/C21H27FN4O2S.HI/c1-5-28-19(27)17-13(2)25-18(29-17)14(3)26-20(23-4)24-12-21(10-11-21)15-8-6-7-9-16(15)22;/h6-9,14H,5,10-12H2,1-4H3,(H2,23,24,26);1H. The number of ether oxygens (including phenoxy) is 1. The van der Waals surface area contributed by atoms with Crippen LogP contribution in [-0.4, -0.2) is 37.1 Å². The highest BCUT2D eigenvalue weighted by Gasteiger charge is 2.45. The number of aromatic nitrogens is 1. The van der Waals surface area contributed by atoms with E-state index in [1.165, 1.54) is 17.4 Å². The van der Waals surface area contributed by atoms with Crippen molar-refractivity contribution in [1.82, 2.24) is 15.6 Å². The molecule has 0 saturated heterocycles. The van der Waals surface area contributed by atoms with Crippen LogP contribution in [0.15, 0.2) is 29.3 Å². The molecule has 30 heavy (non-hydrogen) atoms. The van der Waals surface area contributed by atoms with E-state index >= 15 is 0 Å².